The topological polar surface area (TPSA) is 52.4 Å². The Hall–Kier alpha value is -1.84. The lowest BCUT2D eigenvalue weighted by Gasteiger charge is -2.08. The van der Waals surface area contributed by atoms with Gasteiger partial charge in [0.15, 0.2) is 0 Å². The molecule has 0 heterocycles. The Morgan fingerprint density at radius 1 is 1.28 bits per heavy atom. The highest BCUT2D eigenvalue weighted by Crippen LogP contribution is 2.43. The van der Waals surface area contributed by atoms with E-state index in [0.29, 0.717) is 5.69 Å². The SMILES string of the molecule is CO/C=C1\CCc2c1cc1c(c2[N+](=O)[O-])CCC1. The summed E-state index contributed by atoms with van der Waals surface area (Å²) in [5.74, 6) is 0. The Morgan fingerprint density at radius 3 is 2.83 bits per heavy atom. The molecule has 0 aromatic heterocycles. The third kappa shape index (κ3) is 1.52. The number of benzene rings is 1. The van der Waals surface area contributed by atoms with Crippen LogP contribution in [-0.4, -0.2) is 12.0 Å². The van der Waals surface area contributed by atoms with Gasteiger partial charge in [0.1, 0.15) is 0 Å². The van der Waals surface area contributed by atoms with Gasteiger partial charge in [-0.1, -0.05) is 6.07 Å². The van der Waals surface area contributed by atoms with E-state index >= 15 is 0 Å². The molecular weight excluding hydrogens is 230 g/mol. The van der Waals surface area contributed by atoms with E-state index in [2.05, 4.69) is 6.07 Å². The van der Waals surface area contributed by atoms with E-state index in [4.69, 9.17) is 4.74 Å². The normalized spacial score (nSPS) is 18.8. The van der Waals surface area contributed by atoms with Crippen LogP contribution in [0.2, 0.25) is 0 Å². The summed E-state index contributed by atoms with van der Waals surface area (Å²) in [5.41, 5.74) is 5.53. The number of ether oxygens (including phenoxy) is 1. The summed E-state index contributed by atoms with van der Waals surface area (Å²) in [6, 6.07) is 2.14. The maximum Gasteiger partial charge on any atom is 0.276 e. The van der Waals surface area contributed by atoms with Gasteiger partial charge in [-0.2, -0.15) is 0 Å². The smallest absolute Gasteiger partial charge is 0.276 e. The largest absolute Gasteiger partial charge is 0.504 e. The summed E-state index contributed by atoms with van der Waals surface area (Å²) >= 11 is 0. The van der Waals surface area contributed by atoms with Gasteiger partial charge in [0, 0.05) is 11.1 Å². The molecule has 1 aromatic carbocycles. The number of fused-ring (bicyclic) bond motifs is 2. The summed E-state index contributed by atoms with van der Waals surface area (Å²) in [6.45, 7) is 0. The zero-order chi connectivity index (χ0) is 12.7. The van der Waals surface area contributed by atoms with E-state index in [1.54, 1.807) is 13.4 Å². The molecule has 0 unspecified atom stereocenters. The van der Waals surface area contributed by atoms with Crippen molar-refractivity contribution < 1.29 is 9.66 Å². The van der Waals surface area contributed by atoms with E-state index in [1.165, 1.54) is 0 Å². The number of methoxy groups -OCH3 is 1. The van der Waals surface area contributed by atoms with Crippen LogP contribution in [-0.2, 0) is 24.0 Å². The first-order valence-corrected chi connectivity index (χ1v) is 6.26. The summed E-state index contributed by atoms with van der Waals surface area (Å²) in [5, 5.41) is 11.3. The second-order valence-electron chi connectivity index (χ2n) is 4.88. The molecule has 0 bridgehead atoms. The zero-order valence-electron chi connectivity index (χ0n) is 10.4. The number of aryl methyl sites for hydroxylation is 1. The first kappa shape index (κ1) is 11.3. The third-order valence-electron chi connectivity index (χ3n) is 3.91. The van der Waals surface area contributed by atoms with Crippen LogP contribution < -0.4 is 0 Å². The van der Waals surface area contributed by atoms with E-state index in [-0.39, 0.29) is 4.92 Å². The van der Waals surface area contributed by atoms with Crippen LogP contribution in [0.3, 0.4) is 0 Å². The van der Waals surface area contributed by atoms with Crippen molar-refractivity contribution in [1.29, 1.82) is 0 Å². The predicted molar refractivity (Wildman–Crippen MR) is 68.4 cm³/mol. The highest BCUT2D eigenvalue weighted by molar-refractivity contribution is 5.78. The van der Waals surface area contributed by atoms with Crippen LogP contribution in [0.5, 0.6) is 0 Å². The molecule has 0 atom stereocenters. The zero-order valence-corrected chi connectivity index (χ0v) is 10.4. The van der Waals surface area contributed by atoms with Gasteiger partial charge in [0.25, 0.3) is 5.69 Å². The minimum Gasteiger partial charge on any atom is -0.504 e. The van der Waals surface area contributed by atoms with Gasteiger partial charge in [-0.05, 0) is 48.8 Å². The number of allylic oxidation sites excluding steroid dienone is 1. The lowest BCUT2D eigenvalue weighted by molar-refractivity contribution is -0.386. The quantitative estimate of drug-likeness (QED) is 0.457. The molecule has 4 heteroatoms. The molecule has 0 saturated carbocycles. The molecule has 0 fully saturated rings. The molecule has 1 aromatic rings. The molecule has 94 valence electrons. The maximum absolute atomic E-state index is 11.3. The number of hydrogen-bond donors (Lipinski definition) is 0. The second-order valence-corrected chi connectivity index (χ2v) is 4.88. The molecule has 0 N–H and O–H groups in total. The molecule has 3 rings (SSSR count). The third-order valence-corrected chi connectivity index (χ3v) is 3.91. The van der Waals surface area contributed by atoms with Crippen molar-refractivity contribution in [2.45, 2.75) is 32.1 Å². The summed E-state index contributed by atoms with van der Waals surface area (Å²) in [7, 11) is 1.62. The number of rotatable bonds is 2. The highest BCUT2D eigenvalue weighted by atomic mass is 16.6. The number of nitro benzene ring substituents is 1. The summed E-state index contributed by atoms with van der Waals surface area (Å²) < 4.78 is 5.07. The van der Waals surface area contributed by atoms with Gasteiger partial charge < -0.3 is 4.74 Å². The number of nitrogens with zero attached hydrogens (tertiary/aromatic N) is 1. The molecule has 4 nitrogen and oxygen atoms in total. The van der Waals surface area contributed by atoms with Gasteiger partial charge in [0.2, 0.25) is 0 Å². The Morgan fingerprint density at radius 2 is 2.11 bits per heavy atom. The Kier molecular flexibility index (Phi) is 2.58. The second kappa shape index (κ2) is 4.12. The van der Waals surface area contributed by atoms with E-state index in [0.717, 1.165) is 59.9 Å². The number of hydrogen-bond acceptors (Lipinski definition) is 3. The van der Waals surface area contributed by atoms with Crippen molar-refractivity contribution in [3.05, 3.63) is 44.7 Å². The van der Waals surface area contributed by atoms with E-state index in [1.807, 2.05) is 0 Å². The van der Waals surface area contributed by atoms with Gasteiger partial charge in [-0.15, -0.1) is 0 Å². The van der Waals surface area contributed by atoms with Gasteiger partial charge in [0.05, 0.1) is 18.3 Å². The maximum atomic E-state index is 11.3. The predicted octanol–water partition coefficient (Wildman–Crippen LogP) is 3.02. The van der Waals surface area contributed by atoms with Crippen molar-refractivity contribution in [1.82, 2.24) is 0 Å². The lowest BCUT2D eigenvalue weighted by atomic mass is 9.98. The van der Waals surface area contributed by atoms with E-state index in [9.17, 15) is 10.1 Å². The fourth-order valence-corrected chi connectivity index (χ4v) is 3.19. The molecular formula is C14H15NO3. The standard InChI is InChI=1S/C14H15NO3/c1-18-8-10-5-6-12-13(10)7-9-3-2-4-11(9)14(12)15(16)17/h7-8H,2-6H2,1H3/b10-8+. The first-order chi connectivity index (χ1) is 8.72. The van der Waals surface area contributed by atoms with E-state index < -0.39 is 0 Å². The van der Waals surface area contributed by atoms with Crippen molar-refractivity contribution in [2.24, 2.45) is 0 Å². The monoisotopic (exact) mass is 245 g/mol. The fraction of sp³-hybridized carbons (Fsp3) is 0.429. The molecule has 0 aliphatic heterocycles. The molecule has 2 aliphatic carbocycles. The summed E-state index contributed by atoms with van der Waals surface area (Å²) in [4.78, 5) is 11.1. The molecule has 2 aliphatic rings. The molecule has 18 heavy (non-hydrogen) atoms. The minimum absolute atomic E-state index is 0.196. The summed E-state index contributed by atoms with van der Waals surface area (Å²) in [6.07, 6.45) is 6.16. The number of nitro groups is 1. The average Bonchev–Trinajstić information content (AvgIpc) is 2.93. The Bertz CT molecular complexity index is 561. The van der Waals surface area contributed by atoms with Gasteiger partial charge in [-0.25, -0.2) is 0 Å². The molecule has 0 saturated heterocycles. The van der Waals surface area contributed by atoms with Crippen molar-refractivity contribution in [2.75, 3.05) is 7.11 Å². The molecule has 0 spiro atoms. The lowest BCUT2D eigenvalue weighted by Crippen LogP contribution is -2.00. The van der Waals surface area contributed by atoms with Crippen LogP contribution >= 0.6 is 0 Å². The van der Waals surface area contributed by atoms with Crippen molar-refractivity contribution in [3.8, 4) is 0 Å². The van der Waals surface area contributed by atoms with Crippen LogP contribution in [0.25, 0.3) is 5.57 Å². The first-order valence-electron chi connectivity index (χ1n) is 6.26. The average molecular weight is 245 g/mol. The van der Waals surface area contributed by atoms with Crippen LogP contribution in [0.15, 0.2) is 12.3 Å². The van der Waals surface area contributed by atoms with Gasteiger partial charge >= 0.3 is 0 Å². The van der Waals surface area contributed by atoms with Crippen molar-refractivity contribution >= 4 is 11.3 Å². The Balaban J connectivity index is 2.24. The van der Waals surface area contributed by atoms with Crippen LogP contribution in [0.1, 0.15) is 35.1 Å². The van der Waals surface area contributed by atoms with Crippen molar-refractivity contribution in [3.63, 3.8) is 0 Å². The molecule has 0 radical (unpaired) electrons. The van der Waals surface area contributed by atoms with Crippen LogP contribution in [0.4, 0.5) is 5.69 Å². The Labute approximate surface area is 105 Å². The highest BCUT2D eigenvalue weighted by Gasteiger charge is 2.32. The van der Waals surface area contributed by atoms with Crippen LogP contribution in [0, 0.1) is 10.1 Å². The van der Waals surface area contributed by atoms with Gasteiger partial charge in [-0.3, -0.25) is 10.1 Å². The molecule has 0 amide bonds. The minimum atomic E-state index is -0.196. The fourth-order valence-electron chi connectivity index (χ4n) is 3.19.